The van der Waals surface area contributed by atoms with Gasteiger partial charge >= 0.3 is 5.97 Å². The fourth-order valence-corrected chi connectivity index (χ4v) is 3.69. The molecule has 2 aromatic heterocycles. The molecule has 0 radical (unpaired) electrons. The van der Waals surface area contributed by atoms with Crippen molar-refractivity contribution in [3.8, 4) is 0 Å². The molecule has 2 heterocycles. The van der Waals surface area contributed by atoms with Gasteiger partial charge in [-0.3, -0.25) is 4.79 Å². The van der Waals surface area contributed by atoms with E-state index in [4.69, 9.17) is 14.1 Å². The molecule has 1 aromatic carbocycles. The summed E-state index contributed by atoms with van der Waals surface area (Å²) in [6.45, 7) is 3.53. The van der Waals surface area contributed by atoms with Gasteiger partial charge in [-0.05, 0) is 54.7 Å². The largest absolute Gasteiger partial charge is 0.465 e. The topological polar surface area (TPSA) is 81.4 Å². The summed E-state index contributed by atoms with van der Waals surface area (Å²) in [4.78, 5) is 29.7. The number of rotatable bonds is 6. The Balaban J connectivity index is 1.74. The van der Waals surface area contributed by atoms with E-state index in [2.05, 4.69) is 11.9 Å². The van der Waals surface area contributed by atoms with E-state index in [9.17, 15) is 9.59 Å². The number of carbonyl (C=O) groups is 2. The van der Waals surface area contributed by atoms with Gasteiger partial charge in [0.25, 0.3) is 5.91 Å². The minimum absolute atomic E-state index is 0.324. The van der Waals surface area contributed by atoms with E-state index < -0.39 is 5.97 Å². The van der Waals surface area contributed by atoms with Crippen LogP contribution in [-0.4, -0.2) is 30.0 Å². The predicted octanol–water partition coefficient (Wildman–Crippen LogP) is 4.16. The Kier molecular flexibility index (Phi) is 5.75. The number of fused-ring (bicyclic) bond motifs is 2. The van der Waals surface area contributed by atoms with Crippen LogP contribution in [0, 0.1) is 0 Å². The van der Waals surface area contributed by atoms with Gasteiger partial charge in [-0.15, -0.1) is 6.58 Å². The van der Waals surface area contributed by atoms with Crippen molar-refractivity contribution in [2.75, 3.05) is 13.2 Å². The van der Waals surface area contributed by atoms with Gasteiger partial charge in [0.15, 0.2) is 6.61 Å². The number of hydrogen-bond donors (Lipinski definition) is 1. The van der Waals surface area contributed by atoms with Crippen molar-refractivity contribution < 1.29 is 18.7 Å². The second-order valence-corrected chi connectivity index (χ2v) is 7.04. The number of hydrogen-bond acceptors (Lipinski definition) is 5. The third-order valence-electron chi connectivity index (χ3n) is 5.01. The normalized spacial score (nSPS) is 14.3. The van der Waals surface area contributed by atoms with E-state index in [1.54, 1.807) is 12.3 Å². The van der Waals surface area contributed by atoms with Crippen molar-refractivity contribution >= 4 is 34.4 Å². The SMILES string of the molecule is C=CCNC(=O)COC(=O)c1c2c(nc3ccccc13)/C(=C\c1ccco1)CCC2. The molecule has 0 atom stereocenters. The van der Waals surface area contributed by atoms with Crippen LogP contribution in [0.5, 0.6) is 0 Å². The molecule has 6 nitrogen and oxygen atoms in total. The van der Waals surface area contributed by atoms with Crippen LogP contribution >= 0.6 is 0 Å². The molecule has 152 valence electrons. The molecule has 30 heavy (non-hydrogen) atoms. The molecule has 1 aliphatic rings. The summed E-state index contributed by atoms with van der Waals surface area (Å²) < 4.78 is 10.8. The maximum Gasteiger partial charge on any atom is 0.339 e. The van der Waals surface area contributed by atoms with Gasteiger partial charge in [-0.25, -0.2) is 9.78 Å². The zero-order valence-electron chi connectivity index (χ0n) is 16.5. The number of allylic oxidation sites excluding steroid dienone is 1. The lowest BCUT2D eigenvalue weighted by Gasteiger charge is -2.22. The first-order valence-electron chi connectivity index (χ1n) is 9.88. The van der Waals surface area contributed by atoms with Crippen LogP contribution in [0.4, 0.5) is 0 Å². The van der Waals surface area contributed by atoms with Crippen molar-refractivity contribution in [1.29, 1.82) is 0 Å². The molecule has 0 bridgehead atoms. The molecule has 0 spiro atoms. The highest BCUT2D eigenvalue weighted by Crippen LogP contribution is 2.36. The molecule has 1 N–H and O–H groups in total. The summed E-state index contributed by atoms with van der Waals surface area (Å²) in [6, 6.07) is 11.2. The van der Waals surface area contributed by atoms with Crippen LogP contribution in [0.1, 0.15) is 40.2 Å². The standard InChI is InChI=1S/C24H22N2O4/c1-2-12-25-21(27)15-30-24(28)22-18-9-3-4-11-20(18)26-23-16(7-5-10-19(22)23)14-17-8-6-13-29-17/h2-4,6,8-9,11,13-14H,1,5,7,10,12,15H2,(H,25,27)/b16-14-. The van der Waals surface area contributed by atoms with Gasteiger partial charge in [0.05, 0.1) is 23.0 Å². The summed E-state index contributed by atoms with van der Waals surface area (Å²) in [5.74, 6) is -0.137. The Morgan fingerprint density at radius 3 is 2.87 bits per heavy atom. The van der Waals surface area contributed by atoms with Crippen molar-refractivity contribution in [3.63, 3.8) is 0 Å². The molecule has 0 aliphatic heterocycles. The van der Waals surface area contributed by atoms with E-state index >= 15 is 0 Å². The van der Waals surface area contributed by atoms with Crippen molar-refractivity contribution in [2.45, 2.75) is 19.3 Å². The Labute approximate surface area is 174 Å². The number of pyridine rings is 1. The average Bonchev–Trinajstić information content (AvgIpc) is 3.28. The molecular formula is C24H22N2O4. The van der Waals surface area contributed by atoms with Crippen molar-refractivity contribution in [3.05, 3.63) is 77.9 Å². The molecule has 1 aliphatic carbocycles. The van der Waals surface area contributed by atoms with Crippen LogP contribution in [0.25, 0.3) is 22.6 Å². The molecule has 4 rings (SSSR count). The first kappa shape index (κ1) is 19.6. The lowest BCUT2D eigenvalue weighted by atomic mass is 9.86. The Morgan fingerprint density at radius 1 is 1.20 bits per heavy atom. The second-order valence-electron chi connectivity index (χ2n) is 7.04. The molecule has 0 unspecified atom stereocenters. The first-order chi connectivity index (χ1) is 14.7. The number of esters is 1. The highest BCUT2D eigenvalue weighted by molar-refractivity contribution is 6.07. The minimum atomic E-state index is -0.516. The molecule has 6 heteroatoms. The molecule has 0 saturated heterocycles. The molecule has 1 amide bonds. The van der Waals surface area contributed by atoms with E-state index in [0.717, 1.165) is 47.2 Å². The van der Waals surface area contributed by atoms with E-state index in [0.29, 0.717) is 17.6 Å². The first-order valence-corrected chi connectivity index (χ1v) is 9.88. The van der Waals surface area contributed by atoms with E-state index in [1.807, 2.05) is 42.5 Å². The smallest absolute Gasteiger partial charge is 0.339 e. The molecule has 0 saturated carbocycles. The Bertz CT molecular complexity index is 1130. The van der Waals surface area contributed by atoms with Crippen LogP contribution < -0.4 is 5.32 Å². The van der Waals surface area contributed by atoms with E-state index in [-0.39, 0.29) is 12.5 Å². The lowest BCUT2D eigenvalue weighted by molar-refractivity contribution is -0.124. The van der Waals surface area contributed by atoms with Crippen LogP contribution in [-0.2, 0) is 16.0 Å². The summed E-state index contributed by atoms with van der Waals surface area (Å²) in [6.07, 6.45) is 7.62. The molecular weight excluding hydrogens is 380 g/mol. The minimum Gasteiger partial charge on any atom is -0.465 e. The number of nitrogens with zero attached hydrogens (tertiary/aromatic N) is 1. The van der Waals surface area contributed by atoms with E-state index in [1.165, 1.54) is 0 Å². The highest BCUT2D eigenvalue weighted by Gasteiger charge is 2.26. The van der Waals surface area contributed by atoms with Gasteiger partial charge in [0.2, 0.25) is 0 Å². The summed E-state index contributed by atoms with van der Waals surface area (Å²) in [5.41, 5.74) is 3.87. The number of aromatic nitrogens is 1. The van der Waals surface area contributed by atoms with Gasteiger partial charge in [0, 0.05) is 11.9 Å². The maximum absolute atomic E-state index is 13.0. The summed E-state index contributed by atoms with van der Waals surface area (Å²) in [7, 11) is 0. The summed E-state index contributed by atoms with van der Waals surface area (Å²) in [5, 5.41) is 3.33. The zero-order chi connectivity index (χ0) is 20.9. The number of furan rings is 1. The fraction of sp³-hybridized carbons (Fsp3) is 0.208. The van der Waals surface area contributed by atoms with Crippen molar-refractivity contribution in [1.82, 2.24) is 10.3 Å². The number of para-hydroxylation sites is 1. The average molecular weight is 402 g/mol. The third kappa shape index (κ3) is 4.03. The summed E-state index contributed by atoms with van der Waals surface area (Å²) >= 11 is 0. The second kappa shape index (κ2) is 8.78. The molecule has 3 aromatic rings. The fourth-order valence-electron chi connectivity index (χ4n) is 3.69. The Morgan fingerprint density at radius 2 is 2.07 bits per heavy atom. The molecule has 0 fully saturated rings. The number of ether oxygens (including phenoxy) is 1. The highest BCUT2D eigenvalue weighted by atomic mass is 16.5. The van der Waals surface area contributed by atoms with Gasteiger partial charge < -0.3 is 14.5 Å². The number of carbonyl (C=O) groups excluding carboxylic acids is 2. The lowest BCUT2D eigenvalue weighted by Crippen LogP contribution is -2.29. The van der Waals surface area contributed by atoms with Gasteiger partial charge in [-0.1, -0.05) is 24.3 Å². The maximum atomic E-state index is 13.0. The van der Waals surface area contributed by atoms with Crippen LogP contribution in [0.15, 0.2) is 59.7 Å². The number of benzene rings is 1. The monoisotopic (exact) mass is 402 g/mol. The zero-order valence-corrected chi connectivity index (χ0v) is 16.5. The van der Waals surface area contributed by atoms with Gasteiger partial charge in [-0.2, -0.15) is 0 Å². The third-order valence-corrected chi connectivity index (χ3v) is 5.01. The van der Waals surface area contributed by atoms with Gasteiger partial charge in [0.1, 0.15) is 5.76 Å². The Hall–Kier alpha value is -3.67. The van der Waals surface area contributed by atoms with Crippen LogP contribution in [0.2, 0.25) is 0 Å². The van der Waals surface area contributed by atoms with Crippen molar-refractivity contribution in [2.24, 2.45) is 0 Å². The number of amides is 1. The van der Waals surface area contributed by atoms with Crippen LogP contribution in [0.3, 0.4) is 0 Å². The quantitative estimate of drug-likeness (QED) is 0.494. The predicted molar refractivity (Wildman–Crippen MR) is 115 cm³/mol. The number of nitrogens with one attached hydrogen (secondary N) is 1.